The molecule has 2 nitrogen and oxygen atoms in total. The van der Waals surface area contributed by atoms with Crippen molar-refractivity contribution >= 4 is 0 Å². The summed E-state index contributed by atoms with van der Waals surface area (Å²) in [7, 11) is 0. The third kappa shape index (κ3) is 1.44. The zero-order valence-corrected chi connectivity index (χ0v) is 5.56. The lowest BCUT2D eigenvalue weighted by molar-refractivity contribution is 0.0475. The summed E-state index contributed by atoms with van der Waals surface area (Å²) in [5.74, 6) is -0.898. The number of rotatable bonds is 2. The number of halogens is 2. The maximum atomic E-state index is 12.0. The van der Waals surface area contributed by atoms with Crippen LogP contribution in [0.25, 0.3) is 0 Å². The van der Waals surface area contributed by atoms with Crippen molar-refractivity contribution in [3.05, 3.63) is 0 Å². The Kier molecular flexibility index (Phi) is 2.56. The minimum atomic E-state index is -2.30. The number of aliphatic hydroxyl groups excluding tert-OH is 1. The van der Waals surface area contributed by atoms with E-state index in [1.165, 1.54) is 0 Å². The minimum absolute atomic E-state index is 0.137. The van der Waals surface area contributed by atoms with Crippen molar-refractivity contribution in [2.24, 2.45) is 11.8 Å². The molecule has 2 N–H and O–H groups in total. The molecule has 1 saturated heterocycles. The number of hydrogen-bond acceptors (Lipinski definition) is 2. The zero-order valence-electron chi connectivity index (χ0n) is 5.56. The molecule has 1 heterocycles. The van der Waals surface area contributed by atoms with E-state index in [2.05, 4.69) is 5.32 Å². The van der Waals surface area contributed by atoms with E-state index >= 15 is 0 Å². The van der Waals surface area contributed by atoms with E-state index in [1.807, 2.05) is 0 Å². The van der Waals surface area contributed by atoms with E-state index < -0.39 is 12.3 Å². The van der Waals surface area contributed by atoms with Gasteiger partial charge >= 0.3 is 0 Å². The van der Waals surface area contributed by atoms with Crippen LogP contribution < -0.4 is 5.32 Å². The molecule has 4 heteroatoms. The first-order valence-corrected chi connectivity index (χ1v) is 3.35. The highest BCUT2D eigenvalue weighted by atomic mass is 19.3. The highest BCUT2D eigenvalue weighted by Crippen LogP contribution is 2.22. The molecule has 10 heavy (non-hydrogen) atoms. The van der Waals surface area contributed by atoms with Gasteiger partial charge in [-0.15, -0.1) is 0 Å². The summed E-state index contributed by atoms with van der Waals surface area (Å²) in [5.41, 5.74) is 0. The quantitative estimate of drug-likeness (QED) is 0.585. The molecule has 1 aliphatic rings. The number of alkyl halides is 2. The molecule has 0 radical (unpaired) electrons. The van der Waals surface area contributed by atoms with Crippen molar-refractivity contribution in [3.63, 3.8) is 0 Å². The van der Waals surface area contributed by atoms with Gasteiger partial charge in [-0.25, -0.2) is 8.78 Å². The molecule has 0 bridgehead atoms. The van der Waals surface area contributed by atoms with Crippen molar-refractivity contribution in [2.75, 3.05) is 19.7 Å². The lowest BCUT2D eigenvalue weighted by atomic mass is 9.98. The lowest BCUT2D eigenvalue weighted by Gasteiger charge is -2.13. The Morgan fingerprint density at radius 2 is 2.20 bits per heavy atom. The van der Waals surface area contributed by atoms with E-state index in [0.717, 1.165) is 0 Å². The van der Waals surface area contributed by atoms with E-state index in [4.69, 9.17) is 5.11 Å². The molecule has 1 aliphatic heterocycles. The largest absolute Gasteiger partial charge is 0.396 e. The van der Waals surface area contributed by atoms with Gasteiger partial charge in [0.05, 0.1) is 0 Å². The van der Waals surface area contributed by atoms with Gasteiger partial charge in [-0.1, -0.05) is 0 Å². The Balaban J connectivity index is 2.42. The molecule has 0 amide bonds. The van der Waals surface area contributed by atoms with Gasteiger partial charge in [0.15, 0.2) is 0 Å². The fourth-order valence-corrected chi connectivity index (χ4v) is 1.25. The van der Waals surface area contributed by atoms with Crippen LogP contribution in [0.4, 0.5) is 8.78 Å². The maximum Gasteiger partial charge on any atom is 0.243 e. The maximum absolute atomic E-state index is 12.0. The minimum Gasteiger partial charge on any atom is -0.396 e. The average molecular weight is 151 g/mol. The summed E-state index contributed by atoms with van der Waals surface area (Å²) in [4.78, 5) is 0. The van der Waals surface area contributed by atoms with Crippen molar-refractivity contribution in [1.82, 2.24) is 5.32 Å². The van der Waals surface area contributed by atoms with Crippen LogP contribution in [0, 0.1) is 11.8 Å². The monoisotopic (exact) mass is 151 g/mol. The molecule has 0 aliphatic carbocycles. The Morgan fingerprint density at radius 3 is 2.60 bits per heavy atom. The Bertz CT molecular complexity index is 110. The third-order valence-electron chi connectivity index (χ3n) is 1.95. The lowest BCUT2D eigenvalue weighted by Crippen LogP contribution is -2.22. The van der Waals surface area contributed by atoms with Gasteiger partial charge in [-0.05, 0) is 0 Å². The molecule has 2 unspecified atom stereocenters. The first-order valence-electron chi connectivity index (χ1n) is 3.35. The van der Waals surface area contributed by atoms with E-state index in [1.54, 1.807) is 0 Å². The molecular formula is C6H11F2NO. The Morgan fingerprint density at radius 1 is 1.50 bits per heavy atom. The third-order valence-corrected chi connectivity index (χ3v) is 1.95. The number of hydrogen-bond donors (Lipinski definition) is 2. The van der Waals surface area contributed by atoms with Gasteiger partial charge in [0, 0.05) is 31.5 Å². The molecule has 60 valence electrons. The molecule has 0 aromatic heterocycles. The second kappa shape index (κ2) is 3.25. The van der Waals surface area contributed by atoms with Crippen molar-refractivity contribution in [3.8, 4) is 0 Å². The second-order valence-corrected chi connectivity index (χ2v) is 2.60. The first-order chi connectivity index (χ1) is 4.75. The van der Waals surface area contributed by atoms with Crippen LogP contribution >= 0.6 is 0 Å². The molecule has 2 atom stereocenters. The van der Waals surface area contributed by atoms with Crippen molar-refractivity contribution < 1.29 is 13.9 Å². The average Bonchev–Trinajstić information content (AvgIpc) is 2.33. The van der Waals surface area contributed by atoms with Crippen LogP contribution in [0.3, 0.4) is 0 Å². The highest BCUT2D eigenvalue weighted by Gasteiger charge is 2.33. The summed E-state index contributed by atoms with van der Waals surface area (Å²) in [5, 5.41) is 11.4. The SMILES string of the molecule is OCC1CNCC1C(F)F. The van der Waals surface area contributed by atoms with E-state index in [0.29, 0.717) is 13.1 Å². The second-order valence-electron chi connectivity index (χ2n) is 2.60. The van der Waals surface area contributed by atoms with Gasteiger partial charge in [-0.3, -0.25) is 0 Å². The molecule has 0 aromatic carbocycles. The summed E-state index contributed by atoms with van der Waals surface area (Å²) < 4.78 is 24.1. The zero-order chi connectivity index (χ0) is 7.56. The van der Waals surface area contributed by atoms with Crippen molar-refractivity contribution in [2.45, 2.75) is 6.43 Å². The van der Waals surface area contributed by atoms with Gasteiger partial charge in [-0.2, -0.15) is 0 Å². The van der Waals surface area contributed by atoms with Crippen LogP contribution in [-0.2, 0) is 0 Å². The fraction of sp³-hybridized carbons (Fsp3) is 1.00. The topological polar surface area (TPSA) is 32.3 Å². The van der Waals surface area contributed by atoms with E-state index in [-0.39, 0.29) is 12.5 Å². The normalized spacial score (nSPS) is 33.6. The summed E-state index contributed by atoms with van der Waals surface area (Å²) >= 11 is 0. The molecule has 0 aromatic rings. The number of aliphatic hydroxyl groups is 1. The fourth-order valence-electron chi connectivity index (χ4n) is 1.25. The Hall–Kier alpha value is -0.220. The van der Waals surface area contributed by atoms with Gasteiger partial charge in [0.1, 0.15) is 0 Å². The Labute approximate surface area is 58.2 Å². The predicted molar refractivity (Wildman–Crippen MR) is 32.9 cm³/mol. The molecule has 1 rings (SSSR count). The summed E-state index contributed by atoms with van der Waals surface area (Å²) in [6.45, 7) is 0.719. The van der Waals surface area contributed by atoms with Crippen molar-refractivity contribution in [1.29, 1.82) is 0 Å². The predicted octanol–water partition coefficient (Wildman–Crippen LogP) is 0.0794. The highest BCUT2D eigenvalue weighted by molar-refractivity contribution is 4.81. The first kappa shape index (κ1) is 7.88. The summed E-state index contributed by atoms with van der Waals surface area (Å²) in [6, 6.07) is 0. The van der Waals surface area contributed by atoms with Crippen LogP contribution in [0.2, 0.25) is 0 Å². The smallest absolute Gasteiger partial charge is 0.243 e. The number of nitrogens with one attached hydrogen (secondary N) is 1. The molecule has 1 fully saturated rings. The van der Waals surface area contributed by atoms with Gasteiger partial charge in [0.25, 0.3) is 0 Å². The standard InChI is InChI=1S/C6H11F2NO/c7-6(8)5-2-9-1-4(5)3-10/h4-6,9-10H,1-3H2. The van der Waals surface area contributed by atoms with Gasteiger partial charge in [0.2, 0.25) is 6.43 Å². The van der Waals surface area contributed by atoms with Crippen LogP contribution in [-0.4, -0.2) is 31.2 Å². The molecular weight excluding hydrogens is 140 g/mol. The van der Waals surface area contributed by atoms with Crippen LogP contribution in [0.15, 0.2) is 0 Å². The summed E-state index contributed by atoms with van der Waals surface area (Å²) in [6.07, 6.45) is -2.30. The molecule has 0 saturated carbocycles. The van der Waals surface area contributed by atoms with Crippen LogP contribution in [0.5, 0.6) is 0 Å². The van der Waals surface area contributed by atoms with E-state index in [9.17, 15) is 8.78 Å². The van der Waals surface area contributed by atoms with Crippen LogP contribution in [0.1, 0.15) is 0 Å². The van der Waals surface area contributed by atoms with Gasteiger partial charge < -0.3 is 10.4 Å². The molecule has 0 spiro atoms.